The zero-order valence-electron chi connectivity index (χ0n) is 17.2. The molecule has 4 fully saturated rings. The number of benzene rings is 1. The summed E-state index contributed by atoms with van der Waals surface area (Å²) in [5, 5.41) is 0. The van der Waals surface area contributed by atoms with Gasteiger partial charge in [0.05, 0.1) is 12.7 Å². The molecule has 1 aromatic rings. The maximum Gasteiger partial charge on any atom is 0.0720 e. The van der Waals surface area contributed by atoms with Gasteiger partial charge in [-0.15, -0.1) is 0 Å². The second-order valence-electron chi connectivity index (χ2n) is 10.4. The molecule has 27 heavy (non-hydrogen) atoms. The lowest BCUT2D eigenvalue weighted by Gasteiger charge is -2.60. The Balaban J connectivity index is 1.32. The number of hydrogen-bond acceptors (Lipinski definition) is 2. The lowest BCUT2D eigenvalue weighted by atomic mass is 9.47. The van der Waals surface area contributed by atoms with Crippen LogP contribution >= 0.6 is 0 Å². The molecule has 0 aromatic heterocycles. The summed E-state index contributed by atoms with van der Waals surface area (Å²) in [6.07, 6.45) is 9.98. The molecule has 4 aliphatic rings. The zero-order valence-corrected chi connectivity index (χ0v) is 17.2. The Morgan fingerprint density at radius 3 is 2.59 bits per heavy atom. The van der Waals surface area contributed by atoms with E-state index in [2.05, 4.69) is 44.2 Å². The number of ether oxygens (including phenoxy) is 2. The summed E-state index contributed by atoms with van der Waals surface area (Å²) < 4.78 is 12.4. The van der Waals surface area contributed by atoms with Crippen molar-refractivity contribution in [2.75, 3.05) is 13.2 Å². The van der Waals surface area contributed by atoms with Crippen LogP contribution < -0.4 is 0 Å². The molecule has 3 aliphatic carbocycles. The normalized spacial score (nSPS) is 46.4. The van der Waals surface area contributed by atoms with E-state index in [0.717, 1.165) is 43.5 Å². The lowest BCUT2D eigenvalue weighted by Crippen LogP contribution is -2.55. The molecular formula is C25H36O2. The van der Waals surface area contributed by atoms with Crippen molar-refractivity contribution in [3.8, 4) is 0 Å². The largest absolute Gasteiger partial charge is 0.381 e. The van der Waals surface area contributed by atoms with E-state index in [0.29, 0.717) is 16.9 Å². The van der Waals surface area contributed by atoms with Crippen molar-refractivity contribution < 1.29 is 9.47 Å². The summed E-state index contributed by atoms with van der Waals surface area (Å²) in [7, 11) is 0. The third kappa shape index (κ3) is 2.90. The summed E-state index contributed by atoms with van der Waals surface area (Å²) >= 11 is 0. The molecule has 2 nitrogen and oxygen atoms in total. The predicted molar refractivity (Wildman–Crippen MR) is 108 cm³/mol. The second-order valence-corrected chi connectivity index (χ2v) is 10.4. The van der Waals surface area contributed by atoms with Crippen LogP contribution in [0.3, 0.4) is 0 Å². The molecule has 7 atom stereocenters. The molecule has 5 rings (SSSR count). The Hall–Kier alpha value is -0.860. The van der Waals surface area contributed by atoms with Gasteiger partial charge in [-0.2, -0.15) is 0 Å². The summed E-state index contributed by atoms with van der Waals surface area (Å²) in [6, 6.07) is 10.7. The molecule has 0 amide bonds. The molecule has 148 valence electrons. The van der Waals surface area contributed by atoms with Crippen LogP contribution in [0.15, 0.2) is 30.3 Å². The number of fused-ring (bicyclic) bond motifs is 5. The Morgan fingerprint density at radius 1 is 0.926 bits per heavy atom. The summed E-state index contributed by atoms with van der Waals surface area (Å²) in [5.41, 5.74) is 2.24. The van der Waals surface area contributed by atoms with Crippen LogP contribution in [0.4, 0.5) is 0 Å². The van der Waals surface area contributed by atoms with E-state index in [-0.39, 0.29) is 0 Å². The smallest absolute Gasteiger partial charge is 0.0720 e. The van der Waals surface area contributed by atoms with Crippen molar-refractivity contribution in [1.29, 1.82) is 0 Å². The van der Waals surface area contributed by atoms with E-state index >= 15 is 0 Å². The maximum atomic E-state index is 6.55. The van der Waals surface area contributed by atoms with E-state index in [4.69, 9.17) is 9.47 Å². The van der Waals surface area contributed by atoms with Gasteiger partial charge >= 0.3 is 0 Å². The highest BCUT2D eigenvalue weighted by Crippen LogP contribution is 2.65. The van der Waals surface area contributed by atoms with Crippen molar-refractivity contribution in [1.82, 2.24) is 0 Å². The number of rotatable bonds is 3. The Bertz CT molecular complexity index is 658. The molecule has 0 bridgehead atoms. The van der Waals surface area contributed by atoms with Gasteiger partial charge in [0.25, 0.3) is 0 Å². The standard InChI is InChI=1S/C25H36O2/c1-24-14-15-26-17-19(24)8-9-20-21-10-11-23(25(21,2)13-12-22(20)24)27-16-18-6-4-3-5-7-18/h3-7,19-23H,8-17H2,1-2H3/t19-,20-,21-,22-,23?,24-,25-/m0/s1. The average molecular weight is 369 g/mol. The van der Waals surface area contributed by atoms with Crippen LogP contribution in [0.1, 0.15) is 64.4 Å². The fourth-order valence-corrected chi connectivity index (χ4v) is 7.71. The monoisotopic (exact) mass is 368 g/mol. The van der Waals surface area contributed by atoms with Gasteiger partial charge in [0.15, 0.2) is 0 Å². The van der Waals surface area contributed by atoms with Crippen molar-refractivity contribution >= 4 is 0 Å². The zero-order chi connectivity index (χ0) is 18.5. The van der Waals surface area contributed by atoms with Gasteiger partial charge in [-0.1, -0.05) is 44.2 Å². The van der Waals surface area contributed by atoms with Gasteiger partial charge in [-0.25, -0.2) is 0 Å². The molecule has 1 aliphatic heterocycles. The SMILES string of the molecule is C[C@]12CCOC[C@@H]1CC[C@@H]1[C@@H]2CC[C@]2(C)C(OCc3ccccc3)CC[C@@H]12. The van der Waals surface area contributed by atoms with Gasteiger partial charge in [-0.3, -0.25) is 0 Å². The van der Waals surface area contributed by atoms with Gasteiger partial charge in [0.1, 0.15) is 0 Å². The van der Waals surface area contributed by atoms with Crippen molar-refractivity contribution in [3.05, 3.63) is 35.9 Å². The van der Waals surface area contributed by atoms with E-state index in [9.17, 15) is 0 Å². The van der Waals surface area contributed by atoms with Crippen LogP contribution in [0, 0.1) is 34.5 Å². The van der Waals surface area contributed by atoms with Crippen LogP contribution in [0.5, 0.6) is 0 Å². The predicted octanol–water partition coefficient (Wildman–Crippen LogP) is 5.85. The van der Waals surface area contributed by atoms with Gasteiger partial charge in [-0.05, 0) is 85.0 Å². The maximum absolute atomic E-state index is 6.55. The molecule has 0 spiro atoms. The molecule has 1 unspecified atom stereocenters. The summed E-state index contributed by atoms with van der Waals surface area (Å²) in [4.78, 5) is 0. The first-order valence-electron chi connectivity index (χ1n) is 11.3. The second kappa shape index (κ2) is 6.88. The van der Waals surface area contributed by atoms with Gasteiger partial charge in [0.2, 0.25) is 0 Å². The molecule has 0 radical (unpaired) electrons. The first-order valence-corrected chi connectivity index (χ1v) is 11.3. The Labute approximate surface area is 165 Å². The first-order chi connectivity index (χ1) is 13.1. The first kappa shape index (κ1) is 18.2. The average Bonchev–Trinajstić information content (AvgIpc) is 3.03. The van der Waals surface area contributed by atoms with Crippen molar-refractivity contribution in [2.24, 2.45) is 34.5 Å². The summed E-state index contributed by atoms with van der Waals surface area (Å²) in [5.74, 6) is 3.53. The van der Waals surface area contributed by atoms with Crippen LogP contribution in [-0.4, -0.2) is 19.3 Å². The molecule has 1 saturated heterocycles. The molecule has 1 aromatic carbocycles. The molecule has 1 heterocycles. The van der Waals surface area contributed by atoms with Gasteiger partial charge < -0.3 is 9.47 Å². The van der Waals surface area contributed by atoms with Crippen molar-refractivity contribution in [2.45, 2.75) is 71.5 Å². The van der Waals surface area contributed by atoms with E-state index < -0.39 is 0 Å². The minimum atomic E-state index is 0.393. The molecular weight excluding hydrogens is 332 g/mol. The number of hydrogen-bond donors (Lipinski definition) is 0. The van der Waals surface area contributed by atoms with Crippen LogP contribution in [0.2, 0.25) is 0 Å². The Morgan fingerprint density at radius 2 is 1.74 bits per heavy atom. The lowest BCUT2D eigenvalue weighted by molar-refractivity contribution is -0.158. The van der Waals surface area contributed by atoms with Crippen LogP contribution in [-0.2, 0) is 16.1 Å². The minimum absolute atomic E-state index is 0.393. The quantitative estimate of drug-likeness (QED) is 0.666. The molecule has 2 heteroatoms. The third-order valence-corrected chi connectivity index (χ3v) is 9.38. The minimum Gasteiger partial charge on any atom is -0.381 e. The fourth-order valence-electron chi connectivity index (χ4n) is 7.71. The van der Waals surface area contributed by atoms with E-state index in [1.54, 1.807) is 0 Å². The van der Waals surface area contributed by atoms with E-state index in [1.807, 2.05) is 0 Å². The highest BCUT2D eigenvalue weighted by molar-refractivity contribution is 5.14. The van der Waals surface area contributed by atoms with Gasteiger partial charge in [0, 0.05) is 13.2 Å². The highest BCUT2D eigenvalue weighted by Gasteiger charge is 2.60. The molecule has 3 saturated carbocycles. The highest BCUT2D eigenvalue weighted by atomic mass is 16.5. The van der Waals surface area contributed by atoms with Crippen molar-refractivity contribution in [3.63, 3.8) is 0 Å². The fraction of sp³-hybridized carbons (Fsp3) is 0.760. The van der Waals surface area contributed by atoms with E-state index in [1.165, 1.54) is 50.5 Å². The molecule has 0 N–H and O–H groups in total. The van der Waals surface area contributed by atoms with Crippen LogP contribution in [0.25, 0.3) is 0 Å². The topological polar surface area (TPSA) is 18.5 Å². The third-order valence-electron chi connectivity index (χ3n) is 9.38. The summed E-state index contributed by atoms with van der Waals surface area (Å²) in [6.45, 7) is 7.96. The Kier molecular flexibility index (Phi) is 4.64.